The molecule has 0 unspecified atom stereocenters. The van der Waals surface area contributed by atoms with Gasteiger partial charge in [0, 0.05) is 25.2 Å². The molecule has 0 radical (unpaired) electrons. The lowest BCUT2D eigenvalue weighted by Crippen LogP contribution is -2.24. The summed E-state index contributed by atoms with van der Waals surface area (Å²) in [5.74, 6) is -2.51. The Bertz CT molecular complexity index is 926. The molecule has 0 bridgehead atoms. The number of carboxylic acid groups (broad SMARTS) is 2. The molecule has 6 nitrogen and oxygen atoms in total. The summed E-state index contributed by atoms with van der Waals surface area (Å²) in [5, 5.41) is 21.6. The second-order valence-electron chi connectivity index (χ2n) is 6.71. The van der Waals surface area contributed by atoms with Gasteiger partial charge in [-0.05, 0) is 53.7 Å². The summed E-state index contributed by atoms with van der Waals surface area (Å²) in [6.45, 7) is 6.42. The predicted molar refractivity (Wildman–Crippen MR) is 120 cm³/mol. The van der Waals surface area contributed by atoms with E-state index in [1.807, 2.05) is 0 Å². The highest BCUT2D eigenvalue weighted by Gasteiger charge is 2.08. The second kappa shape index (κ2) is 12.2. The van der Waals surface area contributed by atoms with E-state index < -0.39 is 11.9 Å². The van der Waals surface area contributed by atoms with Gasteiger partial charge in [0.05, 0.1) is 0 Å². The van der Waals surface area contributed by atoms with E-state index in [2.05, 4.69) is 78.0 Å². The van der Waals surface area contributed by atoms with Crippen LogP contribution in [0, 0.1) is 0 Å². The molecule has 30 heavy (non-hydrogen) atoms. The molecule has 0 aromatic heterocycles. The van der Waals surface area contributed by atoms with Gasteiger partial charge >= 0.3 is 11.9 Å². The summed E-state index contributed by atoms with van der Waals surface area (Å²) >= 11 is 0. The average molecular weight is 408 g/mol. The maximum absolute atomic E-state index is 9.55. The summed E-state index contributed by atoms with van der Waals surface area (Å²) in [4.78, 5) is 21.5. The van der Waals surface area contributed by atoms with Crippen molar-refractivity contribution in [2.45, 2.75) is 13.3 Å². The fourth-order valence-corrected chi connectivity index (χ4v) is 3.10. The van der Waals surface area contributed by atoms with Gasteiger partial charge in [-0.2, -0.15) is 0 Å². The highest BCUT2D eigenvalue weighted by Crippen LogP contribution is 2.27. The van der Waals surface area contributed by atoms with Crippen molar-refractivity contribution in [2.24, 2.45) is 0 Å². The molecule has 0 amide bonds. The molecule has 158 valence electrons. The first-order valence-corrected chi connectivity index (χ1v) is 9.96. The Hall–Kier alpha value is -3.38. The third kappa shape index (κ3) is 7.56. The van der Waals surface area contributed by atoms with Crippen LogP contribution in [-0.2, 0) is 9.59 Å². The third-order valence-corrected chi connectivity index (χ3v) is 4.53. The van der Waals surface area contributed by atoms with Crippen LogP contribution in [0.4, 0.5) is 0 Å². The van der Waals surface area contributed by atoms with Crippen LogP contribution in [0.1, 0.15) is 18.9 Å². The number of hydrogen-bond acceptors (Lipinski definition) is 4. The summed E-state index contributed by atoms with van der Waals surface area (Å²) in [7, 11) is 0. The molecule has 0 aliphatic carbocycles. The van der Waals surface area contributed by atoms with Crippen LogP contribution in [0.3, 0.4) is 0 Å². The second-order valence-corrected chi connectivity index (χ2v) is 6.71. The van der Waals surface area contributed by atoms with Crippen molar-refractivity contribution in [3.8, 4) is 0 Å². The molecule has 3 N–H and O–H groups in total. The van der Waals surface area contributed by atoms with Gasteiger partial charge in [0.2, 0.25) is 0 Å². The van der Waals surface area contributed by atoms with Crippen LogP contribution in [-0.4, -0.2) is 53.2 Å². The lowest BCUT2D eigenvalue weighted by atomic mass is 9.97. The quantitative estimate of drug-likeness (QED) is 0.455. The van der Waals surface area contributed by atoms with E-state index in [1.54, 1.807) is 0 Å². The first-order chi connectivity index (χ1) is 14.5. The number of hydrogen-bond donors (Lipinski definition) is 3. The Kier molecular flexibility index (Phi) is 9.34. The Balaban J connectivity index is 0.000000343. The monoisotopic (exact) mass is 408 g/mol. The molecule has 1 aliphatic heterocycles. The number of allylic oxidation sites excluding steroid dienone is 2. The zero-order chi connectivity index (χ0) is 21.8. The standard InChI is InChI=1S/C20H24N2.C4H4O4/c1-2-21-13-6-14-22-15-11-18(12-16-22)20-10-5-8-17-7-3-4-9-19(17)20;5-3(6)1-2-4(7)8/h3-5,7-12,15,21H,2,6,13-14,16H2,1H3;1-2H,(H,5,6)(H,7,8)/b;2-1+. The topological polar surface area (TPSA) is 89.9 Å². The zero-order valence-corrected chi connectivity index (χ0v) is 17.1. The molecular formula is C24H28N2O4. The normalized spacial score (nSPS) is 13.1. The van der Waals surface area contributed by atoms with Gasteiger partial charge in [-0.1, -0.05) is 55.5 Å². The van der Waals surface area contributed by atoms with Crippen LogP contribution in [0.2, 0.25) is 0 Å². The van der Waals surface area contributed by atoms with Crippen molar-refractivity contribution >= 4 is 28.3 Å². The number of benzene rings is 2. The predicted octanol–water partition coefficient (Wildman–Crippen LogP) is 3.76. The minimum atomic E-state index is -1.26. The Morgan fingerprint density at radius 2 is 1.77 bits per heavy atom. The van der Waals surface area contributed by atoms with E-state index in [9.17, 15) is 9.59 Å². The summed E-state index contributed by atoms with van der Waals surface area (Å²) in [6.07, 6.45) is 9.14. The SMILES string of the molecule is CCNCCCN1C=CC(c2cccc3ccccc23)=CC1.O=C(O)/C=C/C(=O)O. The van der Waals surface area contributed by atoms with E-state index >= 15 is 0 Å². The van der Waals surface area contributed by atoms with Crippen molar-refractivity contribution in [3.63, 3.8) is 0 Å². The number of carbonyl (C=O) groups is 2. The number of carboxylic acids is 2. The average Bonchev–Trinajstić information content (AvgIpc) is 2.76. The van der Waals surface area contributed by atoms with Crippen LogP contribution in [0.25, 0.3) is 16.3 Å². The molecule has 3 rings (SSSR count). The van der Waals surface area contributed by atoms with Crippen LogP contribution < -0.4 is 5.32 Å². The van der Waals surface area contributed by atoms with Crippen LogP contribution in [0.15, 0.2) is 73.0 Å². The molecule has 2 aromatic carbocycles. The number of rotatable bonds is 8. The molecule has 0 saturated heterocycles. The summed E-state index contributed by atoms with van der Waals surface area (Å²) < 4.78 is 0. The zero-order valence-electron chi connectivity index (χ0n) is 17.1. The molecule has 0 atom stereocenters. The van der Waals surface area contributed by atoms with Gasteiger partial charge in [0.15, 0.2) is 0 Å². The lowest BCUT2D eigenvalue weighted by Gasteiger charge is -2.23. The Morgan fingerprint density at radius 3 is 2.40 bits per heavy atom. The number of nitrogens with one attached hydrogen (secondary N) is 1. The lowest BCUT2D eigenvalue weighted by molar-refractivity contribution is -0.134. The van der Waals surface area contributed by atoms with Crippen molar-refractivity contribution in [3.05, 3.63) is 78.5 Å². The number of nitrogens with zero attached hydrogens (tertiary/aromatic N) is 1. The van der Waals surface area contributed by atoms with Gasteiger partial charge in [-0.25, -0.2) is 9.59 Å². The first kappa shape index (κ1) is 22.9. The molecule has 1 heterocycles. The molecule has 6 heteroatoms. The molecule has 2 aromatic rings. The van der Waals surface area contributed by atoms with E-state index in [1.165, 1.54) is 28.3 Å². The van der Waals surface area contributed by atoms with E-state index in [0.717, 1.165) is 26.2 Å². The molecule has 0 spiro atoms. The fraction of sp³-hybridized carbons (Fsp3) is 0.250. The minimum absolute atomic E-state index is 0.558. The minimum Gasteiger partial charge on any atom is -0.478 e. The van der Waals surface area contributed by atoms with Gasteiger partial charge in [0.25, 0.3) is 0 Å². The molecular weight excluding hydrogens is 380 g/mol. The maximum Gasteiger partial charge on any atom is 0.328 e. The Labute approximate surface area is 176 Å². The summed E-state index contributed by atoms with van der Waals surface area (Å²) in [6, 6.07) is 15.2. The van der Waals surface area contributed by atoms with Crippen LogP contribution in [0.5, 0.6) is 0 Å². The maximum atomic E-state index is 9.55. The van der Waals surface area contributed by atoms with Gasteiger partial charge in [-0.3, -0.25) is 0 Å². The van der Waals surface area contributed by atoms with Crippen molar-refractivity contribution in [1.82, 2.24) is 10.2 Å². The van der Waals surface area contributed by atoms with Gasteiger partial charge in [0.1, 0.15) is 0 Å². The van der Waals surface area contributed by atoms with E-state index in [0.29, 0.717) is 12.2 Å². The van der Waals surface area contributed by atoms with E-state index in [4.69, 9.17) is 10.2 Å². The third-order valence-electron chi connectivity index (χ3n) is 4.53. The largest absolute Gasteiger partial charge is 0.478 e. The van der Waals surface area contributed by atoms with Crippen molar-refractivity contribution < 1.29 is 19.8 Å². The van der Waals surface area contributed by atoms with Gasteiger partial charge in [-0.15, -0.1) is 0 Å². The molecule has 0 fully saturated rings. The van der Waals surface area contributed by atoms with E-state index in [-0.39, 0.29) is 0 Å². The fourth-order valence-electron chi connectivity index (χ4n) is 3.10. The molecule has 1 aliphatic rings. The number of fused-ring (bicyclic) bond motifs is 1. The highest BCUT2D eigenvalue weighted by atomic mass is 16.4. The van der Waals surface area contributed by atoms with Crippen molar-refractivity contribution in [1.29, 1.82) is 0 Å². The Morgan fingerprint density at radius 1 is 1.07 bits per heavy atom. The smallest absolute Gasteiger partial charge is 0.328 e. The number of aliphatic carboxylic acids is 2. The van der Waals surface area contributed by atoms with Crippen LogP contribution >= 0.6 is 0 Å². The van der Waals surface area contributed by atoms with Crippen molar-refractivity contribution in [2.75, 3.05) is 26.2 Å². The highest BCUT2D eigenvalue weighted by molar-refractivity contribution is 5.96. The van der Waals surface area contributed by atoms with Gasteiger partial charge < -0.3 is 20.4 Å². The first-order valence-electron chi connectivity index (χ1n) is 9.96. The molecule has 0 saturated carbocycles. The summed E-state index contributed by atoms with van der Waals surface area (Å²) in [5.41, 5.74) is 2.67.